The van der Waals surface area contributed by atoms with E-state index in [2.05, 4.69) is 4.72 Å². The highest BCUT2D eigenvalue weighted by atomic mass is 32.2. The van der Waals surface area contributed by atoms with Gasteiger partial charge in [-0.2, -0.15) is 0 Å². The number of likely N-dealkylation sites (tertiary alicyclic amines) is 1. The van der Waals surface area contributed by atoms with Crippen molar-refractivity contribution in [3.63, 3.8) is 0 Å². The molecule has 1 fully saturated rings. The molecule has 0 spiro atoms. The highest BCUT2D eigenvalue weighted by Crippen LogP contribution is 2.10. The lowest BCUT2D eigenvalue weighted by Gasteiger charge is -2.23. The largest absolute Gasteiger partial charge is 0.335 e. The van der Waals surface area contributed by atoms with Gasteiger partial charge in [-0.3, -0.25) is 4.79 Å². The third-order valence-corrected chi connectivity index (χ3v) is 5.61. The molecule has 0 saturated carbocycles. The van der Waals surface area contributed by atoms with E-state index < -0.39 is 10.0 Å². The van der Waals surface area contributed by atoms with Crippen LogP contribution in [0.25, 0.3) is 0 Å². The zero-order valence-electron chi connectivity index (χ0n) is 13.1. The number of quaternary nitrogens is 1. The number of hydrogen-bond acceptors (Lipinski definition) is 3. The van der Waals surface area contributed by atoms with Crippen LogP contribution in [0.4, 0.5) is 0 Å². The summed E-state index contributed by atoms with van der Waals surface area (Å²) >= 11 is 0. The molecule has 22 heavy (non-hydrogen) atoms. The number of sulfonamides is 1. The third-order valence-electron chi connectivity index (χ3n) is 4.13. The van der Waals surface area contributed by atoms with Gasteiger partial charge in [-0.25, -0.2) is 13.1 Å². The molecule has 0 atom stereocenters. The summed E-state index contributed by atoms with van der Waals surface area (Å²) in [5.41, 5.74) is 0.521. The quantitative estimate of drug-likeness (QED) is 0.571. The van der Waals surface area contributed by atoms with Crippen molar-refractivity contribution in [3.8, 4) is 0 Å². The Morgan fingerprint density at radius 3 is 2.36 bits per heavy atom. The number of carbonyl (C=O) groups excluding carboxylic acids is 1. The molecule has 0 aromatic heterocycles. The van der Waals surface area contributed by atoms with Crippen LogP contribution in [0.1, 0.15) is 43.0 Å². The molecule has 5 nitrogen and oxygen atoms in total. The standard InChI is InChI=1S/C16H24N2O3S/c1-14(19)15-6-8-16(9-7-15)22(20,21)17-10-5-13-18-11-3-2-4-12-18/h6-9,17H,2-5,10-13H2,1H3/p+1. The van der Waals surface area contributed by atoms with Gasteiger partial charge in [0.25, 0.3) is 0 Å². The Morgan fingerprint density at radius 1 is 1.14 bits per heavy atom. The van der Waals surface area contributed by atoms with Crippen LogP contribution < -0.4 is 9.62 Å². The van der Waals surface area contributed by atoms with Gasteiger partial charge in [0.2, 0.25) is 10.0 Å². The molecule has 6 heteroatoms. The fraction of sp³-hybridized carbons (Fsp3) is 0.562. The molecule has 2 N–H and O–H groups in total. The summed E-state index contributed by atoms with van der Waals surface area (Å²) in [5, 5.41) is 0. The molecule has 1 aliphatic heterocycles. The Bertz CT molecular complexity index is 590. The molecule has 1 aliphatic rings. The molecular weight excluding hydrogens is 300 g/mol. The predicted octanol–water partition coefficient (Wildman–Crippen LogP) is 0.626. The maximum absolute atomic E-state index is 12.2. The molecule has 2 rings (SSSR count). The number of Topliss-reactive ketones (excluding diaryl/α,β-unsaturated/α-hetero) is 1. The highest BCUT2D eigenvalue weighted by molar-refractivity contribution is 7.89. The van der Waals surface area contributed by atoms with Crippen LogP contribution in [0.3, 0.4) is 0 Å². The molecule has 1 heterocycles. The maximum atomic E-state index is 12.2. The molecule has 0 unspecified atom stereocenters. The summed E-state index contributed by atoms with van der Waals surface area (Å²) in [6.45, 7) is 5.36. The average Bonchev–Trinajstić information content (AvgIpc) is 2.53. The van der Waals surface area contributed by atoms with Gasteiger partial charge in [0.05, 0.1) is 24.5 Å². The van der Waals surface area contributed by atoms with Crippen LogP contribution in [0.5, 0.6) is 0 Å². The number of benzene rings is 1. The molecule has 0 radical (unpaired) electrons. The van der Waals surface area contributed by atoms with Crippen molar-refractivity contribution in [2.75, 3.05) is 26.2 Å². The summed E-state index contributed by atoms with van der Waals surface area (Å²) < 4.78 is 27.0. The molecule has 0 bridgehead atoms. The lowest BCUT2D eigenvalue weighted by atomic mass is 10.1. The van der Waals surface area contributed by atoms with Crippen LogP contribution in [0.2, 0.25) is 0 Å². The van der Waals surface area contributed by atoms with Crippen molar-refractivity contribution in [3.05, 3.63) is 29.8 Å². The number of rotatable bonds is 7. The van der Waals surface area contributed by atoms with E-state index in [1.807, 2.05) is 0 Å². The summed E-state index contributed by atoms with van der Waals surface area (Å²) in [6, 6.07) is 6.06. The Balaban J connectivity index is 1.81. The van der Waals surface area contributed by atoms with E-state index >= 15 is 0 Å². The van der Waals surface area contributed by atoms with Crippen LogP contribution in [-0.4, -0.2) is 40.4 Å². The van der Waals surface area contributed by atoms with Gasteiger partial charge >= 0.3 is 0 Å². The number of ketones is 1. The smallest absolute Gasteiger partial charge is 0.240 e. The van der Waals surface area contributed by atoms with Gasteiger partial charge < -0.3 is 4.90 Å². The fourth-order valence-electron chi connectivity index (χ4n) is 2.80. The van der Waals surface area contributed by atoms with Gasteiger partial charge in [0.1, 0.15) is 0 Å². The fourth-order valence-corrected chi connectivity index (χ4v) is 3.87. The SMILES string of the molecule is CC(=O)c1ccc(S(=O)(=O)NCCC[NH+]2CCCCC2)cc1. The topological polar surface area (TPSA) is 67.7 Å². The van der Waals surface area contributed by atoms with E-state index in [4.69, 9.17) is 0 Å². The lowest BCUT2D eigenvalue weighted by Crippen LogP contribution is -3.12. The van der Waals surface area contributed by atoms with Crippen molar-refractivity contribution in [2.24, 2.45) is 0 Å². The van der Waals surface area contributed by atoms with Gasteiger partial charge in [-0.05, 0) is 38.3 Å². The molecule has 1 saturated heterocycles. The summed E-state index contributed by atoms with van der Waals surface area (Å²) in [6.07, 6.45) is 4.74. The van der Waals surface area contributed by atoms with Gasteiger partial charge in [-0.1, -0.05) is 12.1 Å². The monoisotopic (exact) mass is 325 g/mol. The summed E-state index contributed by atoms with van der Waals surface area (Å²) in [4.78, 5) is 13.0. The normalized spacial score (nSPS) is 16.6. The van der Waals surface area contributed by atoms with Crippen molar-refractivity contribution in [2.45, 2.75) is 37.5 Å². The predicted molar refractivity (Wildman–Crippen MR) is 85.7 cm³/mol. The molecule has 122 valence electrons. The first-order valence-corrected chi connectivity index (χ1v) is 9.41. The van der Waals surface area contributed by atoms with Crippen LogP contribution in [0, 0.1) is 0 Å². The van der Waals surface area contributed by atoms with Crippen LogP contribution in [0.15, 0.2) is 29.2 Å². The Hall–Kier alpha value is -1.24. The van der Waals surface area contributed by atoms with Gasteiger partial charge in [0, 0.05) is 18.5 Å². The van der Waals surface area contributed by atoms with E-state index in [1.165, 1.54) is 51.4 Å². The minimum Gasteiger partial charge on any atom is -0.335 e. The van der Waals surface area contributed by atoms with Crippen molar-refractivity contribution >= 4 is 15.8 Å². The van der Waals surface area contributed by atoms with Crippen molar-refractivity contribution in [1.29, 1.82) is 0 Å². The number of carbonyl (C=O) groups is 1. The highest BCUT2D eigenvalue weighted by Gasteiger charge is 2.16. The van der Waals surface area contributed by atoms with E-state index in [1.54, 1.807) is 17.0 Å². The average molecular weight is 325 g/mol. The molecular formula is C16H25N2O3S+. The summed E-state index contributed by atoms with van der Waals surface area (Å²) in [7, 11) is -3.48. The lowest BCUT2D eigenvalue weighted by molar-refractivity contribution is -0.904. The number of nitrogens with one attached hydrogen (secondary N) is 2. The van der Waals surface area contributed by atoms with Crippen molar-refractivity contribution < 1.29 is 18.1 Å². The third kappa shape index (κ3) is 4.90. The Morgan fingerprint density at radius 2 is 1.77 bits per heavy atom. The second kappa shape index (κ2) is 7.85. The first kappa shape index (κ1) is 17.1. The van der Waals surface area contributed by atoms with E-state index in [0.717, 1.165) is 13.0 Å². The van der Waals surface area contributed by atoms with E-state index in [9.17, 15) is 13.2 Å². The summed E-state index contributed by atoms with van der Waals surface area (Å²) in [5.74, 6) is -0.0681. The van der Waals surface area contributed by atoms with E-state index in [0.29, 0.717) is 12.1 Å². The zero-order valence-corrected chi connectivity index (χ0v) is 13.9. The first-order valence-electron chi connectivity index (χ1n) is 7.93. The second-order valence-corrected chi connectivity index (χ2v) is 7.66. The molecule has 0 amide bonds. The number of piperidine rings is 1. The number of hydrogen-bond donors (Lipinski definition) is 2. The molecule has 1 aromatic carbocycles. The second-order valence-electron chi connectivity index (χ2n) is 5.89. The Labute approximate surface area is 132 Å². The van der Waals surface area contributed by atoms with Crippen molar-refractivity contribution in [1.82, 2.24) is 4.72 Å². The Kier molecular flexibility index (Phi) is 6.11. The van der Waals surface area contributed by atoms with Crippen LogP contribution in [-0.2, 0) is 10.0 Å². The van der Waals surface area contributed by atoms with Crippen LogP contribution >= 0.6 is 0 Å². The maximum Gasteiger partial charge on any atom is 0.240 e. The minimum absolute atomic E-state index is 0.0681. The molecule has 1 aromatic rings. The van der Waals surface area contributed by atoms with Gasteiger partial charge in [0.15, 0.2) is 5.78 Å². The minimum atomic E-state index is -3.48. The van der Waals surface area contributed by atoms with E-state index in [-0.39, 0.29) is 10.7 Å². The zero-order chi connectivity index (χ0) is 16.0. The molecule has 0 aliphatic carbocycles. The van der Waals surface area contributed by atoms with Gasteiger partial charge in [-0.15, -0.1) is 0 Å². The first-order chi connectivity index (χ1) is 10.5.